The molecule has 0 aliphatic carbocycles. The molecule has 1 aliphatic rings. The van der Waals surface area contributed by atoms with Gasteiger partial charge >= 0.3 is 5.97 Å². The summed E-state index contributed by atoms with van der Waals surface area (Å²) in [5.41, 5.74) is 0. The lowest BCUT2D eigenvalue weighted by atomic mass is 10.0. The maximum absolute atomic E-state index is 12.8. The van der Waals surface area contributed by atoms with E-state index in [4.69, 9.17) is 9.84 Å². The van der Waals surface area contributed by atoms with E-state index in [1.807, 2.05) is 0 Å². The first-order chi connectivity index (χ1) is 9.96. The van der Waals surface area contributed by atoms with Crippen LogP contribution in [0.4, 0.5) is 0 Å². The van der Waals surface area contributed by atoms with Gasteiger partial charge in [-0.15, -0.1) is 0 Å². The Labute approximate surface area is 124 Å². The zero-order valence-corrected chi connectivity index (χ0v) is 12.7. The summed E-state index contributed by atoms with van der Waals surface area (Å²) in [4.78, 5) is 11.0. The van der Waals surface area contributed by atoms with Gasteiger partial charge in [-0.1, -0.05) is 18.6 Å². The number of sulfonamides is 1. The maximum Gasteiger partial charge on any atom is 0.304 e. The monoisotopic (exact) mass is 313 g/mol. The van der Waals surface area contributed by atoms with Crippen molar-refractivity contribution >= 4 is 16.0 Å². The van der Waals surface area contributed by atoms with Crippen LogP contribution in [0.1, 0.15) is 25.7 Å². The van der Waals surface area contributed by atoms with Crippen LogP contribution in [0.2, 0.25) is 0 Å². The van der Waals surface area contributed by atoms with Crippen LogP contribution in [0.15, 0.2) is 29.2 Å². The molecule has 1 N–H and O–H groups in total. The number of carboxylic acids is 1. The Kier molecular flexibility index (Phi) is 4.84. The summed E-state index contributed by atoms with van der Waals surface area (Å²) in [6, 6.07) is 5.91. The Morgan fingerprint density at radius 2 is 2.10 bits per heavy atom. The summed E-state index contributed by atoms with van der Waals surface area (Å²) in [5.74, 6) is -0.709. The highest BCUT2D eigenvalue weighted by Crippen LogP contribution is 2.31. The van der Waals surface area contributed by atoms with E-state index in [9.17, 15) is 13.2 Å². The minimum atomic E-state index is -3.75. The van der Waals surface area contributed by atoms with Gasteiger partial charge in [-0.3, -0.25) is 4.79 Å². The summed E-state index contributed by atoms with van der Waals surface area (Å²) in [6.45, 7) is 0.346. The number of para-hydroxylation sites is 1. The first kappa shape index (κ1) is 15.8. The van der Waals surface area contributed by atoms with E-state index in [-0.39, 0.29) is 17.1 Å². The molecular formula is C14H19NO5S. The minimum Gasteiger partial charge on any atom is -0.495 e. The number of aliphatic carboxylic acids is 1. The van der Waals surface area contributed by atoms with Gasteiger partial charge < -0.3 is 9.84 Å². The first-order valence-electron chi connectivity index (χ1n) is 6.83. The van der Waals surface area contributed by atoms with Gasteiger partial charge in [0.2, 0.25) is 10.0 Å². The zero-order valence-electron chi connectivity index (χ0n) is 11.9. The topological polar surface area (TPSA) is 83.9 Å². The number of piperidine rings is 1. The minimum absolute atomic E-state index is 0.0878. The number of rotatable bonds is 5. The van der Waals surface area contributed by atoms with Gasteiger partial charge in [0, 0.05) is 12.6 Å². The predicted molar refractivity (Wildman–Crippen MR) is 76.8 cm³/mol. The first-order valence-corrected chi connectivity index (χ1v) is 8.27. The maximum atomic E-state index is 12.8. The highest BCUT2D eigenvalue weighted by atomic mass is 32.2. The molecule has 1 atom stereocenters. The molecule has 2 rings (SSSR count). The molecular weight excluding hydrogens is 294 g/mol. The molecule has 1 aromatic carbocycles. The summed E-state index contributed by atoms with van der Waals surface area (Å²) < 4.78 is 32.0. The van der Waals surface area contributed by atoms with Crippen LogP contribution in [0.25, 0.3) is 0 Å². The number of hydrogen-bond donors (Lipinski definition) is 1. The average molecular weight is 313 g/mol. The van der Waals surface area contributed by atoms with Crippen LogP contribution in [-0.2, 0) is 14.8 Å². The van der Waals surface area contributed by atoms with Crippen molar-refractivity contribution in [1.82, 2.24) is 4.31 Å². The van der Waals surface area contributed by atoms with E-state index in [0.29, 0.717) is 13.0 Å². The van der Waals surface area contributed by atoms with Crippen molar-refractivity contribution in [2.75, 3.05) is 13.7 Å². The van der Waals surface area contributed by atoms with Crippen molar-refractivity contribution in [2.24, 2.45) is 0 Å². The Bertz CT molecular complexity index is 614. The standard InChI is InChI=1S/C14H19NO5S/c1-20-12-7-2-3-8-13(12)21(18,19)15-9-5-4-6-11(15)10-14(16)17/h2-3,7-8,11H,4-6,9-10H2,1H3,(H,16,17). The molecule has 1 fully saturated rings. The van der Waals surface area contributed by atoms with Gasteiger partial charge in [0.1, 0.15) is 10.6 Å². The summed E-state index contributed by atoms with van der Waals surface area (Å²) in [5, 5.41) is 8.97. The van der Waals surface area contributed by atoms with Crippen LogP contribution in [0.3, 0.4) is 0 Å². The summed E-state index contributed by atoms with van der Waals surface area (Å²) in [6.07, 6.45) is 1.98. The van der Waals surface area contributed by atoms with E-state index in [0.717, 1.165) is 12.8 Å². The van der Waals surface area contributed by atoms with Crippen molar-refractivity contribution in [2.45, 2.75) is 36.6 Å². The Balaban J connectivity index is 2.38. The number of carboxylic acid groups (broad SMARTS) is 1. The van der Waals surface area contributed by atoms with Crippen LogP contribution in [-0.4, -0.2) is 43.5 Å². The lowest BCUT2D eigenvalue weighted by Crippen LogP contribution is -2.44. The smallest absolute Gasteiger partial charge is 0.304 e. The summed E-state index contributed by atoms with van der Waals surface area (Å²) >= 11 is 0. The molecule has 116 valence electrons. The van der Waals surface area contributed by atoms with Crippen LogP contribution >= 0.6 is 0 Å². The Morgan fingerprint density at radius 3 is 2.76 bits per heavy atom. The zero-order chi connectivity index (χ0) is 15.5. The number of hydrogen-bond acceptors (Lipinski definition) is 4. The number of carbonyl (C=O) groups is 1. The normalized spacial score (nSPS) is 20.1. The molecule has 1 aliphatic heterocycles. The predicted octanol–water partition coefficient (Wildman–Crippen LogP) is 1.71. The van der Waals surface area contributed by atoms with Gasteiger partial charge in [-0.25, -0.2) is 8.42 Å². The fourth-order valence-corrected chi connectivity index (χ4v) is 4.50. The Hall–Kier alpha value is -1.60. The molecule has 6 nitrogen and oxygen atoms in total. The quantitative estimate of drug-likeness (QED) is 0.894. The largest absolute Gasteiger partial charge is 0.495 e. The molecule has 1 saturated heterocycles. The van der Waals surface area contributed by atoms with Crippen LogP contribution in [0.5, 0.6) is 5.75 Å². The molecule has 1 aromatic rings. The van der Waals surface area contributed by atoms with Crippen LogP contribution in [0, 0.1) is 0 Å². The molecule has 0 saturated carbocycles. The van der Waals surface area contributed by atoms with Crippen molar-refractivity contribution in [1.29, 1.82) is 0 Å². The molecule has 0 aromatic heterocycles. The number of ether oxygens (including phenoxy) is 1. The van der Waals surface area contributed by atoms with Gasteiger partial charge in [0.15, 0.2) is 0 Å². The third kappa shape index (κ3) is 3.36. The molecule has 1 heterocycles. The number of nitrogens with zero attached hydrogens (tertiary/aromatic N) is 1. The van der Waals surface area contributed by atoms with Crippen molar-refractivity contribution < 1.29 is 23.1 Å². The third-order valence-corrected chi connectivity index (χ3v) is 5.63. The van der Waals surface area contributed by atoms with Crippen molar-refractivity contribution in [3.8, 4) is 5.75 Å². The molecule has 0 radical (unpaired) electrons. The van der Waals surface area contributed by atoms with E-state index in [1.54, 1.807) is 18.2 Å². The second-order valence-electron chi connectivity index (χ2n) is 5.01. The molecule has 0 bridgehead atoms. The van der Waals surface area contributed by atoms with E-state index >= 15 is 0 Å². The third-order valence-electron chi connectivity index (χ3n) is 3.64. The molecule has 1 unspecified atom stereocenters. The lowest BCUT2D eigenvalue weighted by molar-refractivity contribution is -0.138. The van der Waals surface area contributed by atoms with E-state index in [2.05, 4.69) is 0 Å². The van der Waals surface area contributed by atoms with E-state index < -0.39 is 22.0 Å². The highest BCUT2D eigenvalue weighted by Gasteiger charge is 2.36. The van der Waals surface area contributed by atoms with E-state index in [1.165, 1.54) is 17.5 Å². The lowest BCUT2D eigenvalue weighted by Gasteiger charge is -2.34. The number of methoxy groups -OCH3 is 1. The summed E-state index contributed by atoms with van der Waals surface area (Å²) in [7, 11) is -2.34. The second-order valence-corrected chi connectivity index (χ2v) is 6.87. The second kappa shape index (κ2) is 6.44. The van der Waals surface area contributed by atoms with Crippen molar-refractivity contribution in [3.63, 3.8) is 0 Å². The molecule has 0 spiro atoms. The number of benzene rings is 1. The van der Waals surface area contributed by atoms with Crippen LogP contribution < -0.4 is 4.74 Å². The SMILES string of the molecule is COc1ccccc1S(=O)(=O)N1CCCCC1CC(=O)O. The molecule has 21 heavy (non-hydrogen) atoms. The fourth-order valence-electron chi connectivity index (χ4n) is 2.65. The Morgan fingerprint density at radius 1 is 1.38 bits per heavy atom. The average Bonchev–Trinajstić information content (AvgIpc) is 2.47. The van der Waals surface area contributed by atoms with Crippen molar-refractivity contribution in [3.05, 3.63) is 24.3 Å². The van der Waals surface area contributed by atoms with Gasteiger partial charge in [-0.05, 0) is 25.0 Å². The van der Waals surface area contributed by atoms with Gasteiger partial charge in [-0.2, -0.15) is 4.31 Å². The van der Waals surface area contributed by atoms with Gasteiger partial charge in [0.25, 0.3) is 0 Å². The fraction of sp³-hybridized carbons (Fsp3) is 0.500. The highest BCUT2D eigenvalue weighted by molar-refractivity contribution is 7.89. The molecule has 7 heteroatoms. The van der Waals surface area contributed by atoms with Gasteiger partial charge in [0.05, 0.1) is 13.5 Å². The molecule has 0 amide bonds.